The molecule has 0 bridgehead atoms. The predicted octanol–water partition coefficient (Wildman–Crippen LogP) is 4.46. The number of hydrogen-bond acceptors (Lipinski definition) is 4. The quantitative estimate of drug-likeness (QED) is 0.447. The van der Waals surface area contributed by atoms with Crippen LogP contribution < -0.4 is 0 Å². The number of rotatable bonds is 4. The number of benzene rings is 1. The van der Waals surface area contributed by atoms with Crippen molar-refractivity contribution in [3.8, 4) is 0 Å². The second-order valence-electron chi connectivity index (χ2n) is 8.34. The zero-order valence-electron chi connectivity index (χ0n) is 16.9. The molecule has 3 rings (SSSR count). The highest BCUT2D eigenvalue weighted by molar-refractivity contribution is 6.53. The lowest BCUT2D eigenvalue weighted by Crippen LogP contribution is -2.41. The smallest absolute Gasteiger partial charge is 0.469 e. The van der Waals surface area contributed by atoms with Crippen LogP contribution in [0.5, 0.6) is 0 Å². The number of allylic oxidation sites excluding steroid dienone is 3. The van der Waals surface area contributed by atoms with E-state index >= 15 is 0 Å². The van der Waals surface area contributed by atoms with Crippen molar-refractivity contribution in [1.29, 1.82) is 0 Å². The Morgan fingerprint density at radius 3 is 2.37 bits per heavy atom. The fraction of sp³-hybridized carbons (Fsp3) is 0.500. The monoisotopic (exact) mass is 368 g/mol. The van der Waals surface area contributed by atoms with Crippen LogP contribution in [0, 0.1) is 11.8 Å². The molecule has 2 atom stereocenters. The average Bonchev–Trinajstić information content (AvgIpc) is 2.86. The Morgan fingerprint density at radius 1 is 1.15 bits per heavy atom. The molecule has 0 N–H and O–H groups in total. The molecule has 1 saturated heterocycles. The third-order valence-electron chi connectivity index (χ3n) is 5.96. The van der Waals surface area contributed by atoms with E-state index in [1.54, 1.807) is 0 Å². The Bertz CT molecular complexity index is 720. The summed E-state index contributed by atoms with van der Waals surface area (Å²) in [6.45, 7) is 8.21. The van der Waals surface area contributed by atoms with Gasteiger partial charge in [0.1, 0.15) is 0 Å². The molecule has 0 radical (unpaired) electrons. The van der Waals surface area contributed by atoms with Gasteiger partial charge in [-0.3, -0.25) is 4.79 Å². The number of carbonyl (C=O) groups is 1. The second kappa shape index (κ2) is 7.65. The summed E-state index contributed by atoms with van der Waals surface area (Å²) >= 11 is 0. The Kier molecular flexibility index (Phi) is 5.64. The lowest BCUT2D eigenvalue weighted by atomic mass is 9.75. The van der Waals surface area contributed by atoms with E-state index in [1.165, 1.54) is 7.11 Å². The van der Waals surface area contributed by atoms with Gasteiger partial charge in [-0.1, -0.05) is 42.5 Å². The van der Waals surface area contributed by atoms with Gasteiger partial charge >= 0.3 is 13.1 Å². The van der Waals surface area contributed by atoms with Gasteiger partial charge in [0, 0.05) is 5.92 Å². The molecular formula is C22H29BO4. The minimum atomic E-state index is -0.419. The van der Waals surface area contributed by atoms with E-state index in [9.17, 15) is 4.79 Å². The predicted molar refractivity (Wildman–Crippen MR) is 108 cm³/mol. The number of carbonyl (C=O) groups excluding carboxylic acids is 1. The minimum Gasteiger partial charge on any atom is -0.469 e. The topological polar surface area (TPSA) is 44.8 Å². The molecule has 144 valence electrons. The number of methoxy groups -OCH3 is 1. The molecule has 1 aliphatic heterocycles. The third kappa shape index (κ3) is 4.20. The van der Waals surface area contributed by atoms with Gasteiger partial charge in [-0.25, -0.2) is 0 Å². The number of esters is 1. The van der Waals surface area contributed by atoms with Gasteiger partial charge in [0.25, 0.3) is 0 Å². The average molecular weight is 368 g/mol. The summed E-state index contributed by atoms with van der Waals surface area (Å²) in [5.41, 5.74) is 1.48. The molecule has 27 heavy (non-hydrogen) atoms. The van der Waals surface area contributed by atoms with E-state index in [1.807, 2.05) is 18.2 Å². The van der Waals surface area contributed by atoms with E-state index in [-0.39, 0.29) is 29.0 Å². The summed E-state index contributed by atoms with van der Waals surface area (Å²) in [4.78, 5) is 12.1. The normalized spacial score (nSPS) is 26.9. The Hall–Kier alpha value is -1.85. The molecule has 1 heterocycles. The Labute approximate surface area is 162 Å². The molecule has 4 nitrogen and oxygen atoms in total. The lowest BCUT2D eigenvalue weighted by Gasteiger charge is -2.32. The van der Waals surface area contributed by atoms with Gasteiger partial charge in [-0.2, -0.15) is 0 Å². The first-order chi connectivity index (χ1) is 12.7. The molecule has 5 heteroatoms. The third-order valence-corrected chi connectivity index (χ3v) is 5.96. The summed E-state index contributed by atoms with van der Waals surface area (Å²) in [5, 5.41) is 0. The highest BCUT2D eigenvalue weighted by atomic mass is 16.7. The maximum Gasteiger partial charge on any atom is 0.487 e. The molecule has 1 aromatic rings. The van der Waals surface area contributed by atoms with Crippen molar-refractivity contribution in [2.75, 3.05) is 7.11 Å². The van der Waals surface area contributed by atoms with Crippen molar-refractivity contribution in [3.63, 3.8) is 0 Å². The second-order valence-corrected chi connectivity index (χ2v) is 8.34. The standard InChI is InChI=1S/C22H29BO4/c1-21(2)22(3,4)27-23(26-21)15-19(16-10-7-6-8-11-16)17-12-9-13-18(14-17)20(24)25-5/h6-12,15,17-18H,13-14H2,1-5H3/b19-15-/t17-,18-/m1/s1. The van der Waals surface area contributed by atoms with Crippen LogP contribution in [0.25, 0.3) is 5.57 Å². The molecule has 0 aromatic heterocycles. The number of hydrogen-bond donors (Lipinski definition) is 0. The molecule has 1 aromatic carbocycles. The van der Waals surface area contributed by atoms with Crippen LogP contribution in [0.1, 0.15) is 46.1 Å². The van der Waals surface area contributed by atoms with Gasteiger partial charge in [0.15, 0.2) is 0 Å². The molecule has 2 aliphatic rings. The van der Waals surface area contributed by atoms with Crippen LogP contribution in [0.4, 0.5) is 0 Å². The van der Waals surface area contributed by atoms with Gasteiger partial charge in [-0.05, 0) is 57.6 Å². The van der Waals surface area contributed by atoms with Crippen molar-refractivity contribution in [2.24, 2.45) is 11.8 Å². The Morgan fingerprint density at radius 2 is 1.78 bits per heavy atom. The molecule has 1 aliphatic carbocycles. The van der Waals surface area contributed by atoms with Crippen molar-refractivity contribution in [2.45, 2.75) is 51.7 Å². The van der Waals surface area contributed by atoms with Crippen molar-refractivity contribution in [1.82, 2.24) is 0 Å². The van der Waals surface area contributed by atoms with Crippen molar-refractivity contribution >= 4 is 18.7 Å². The molecule has 0 saturated carbocycles. The van der Waals surface area contributed by atoms with E-state index in [0.717, 1.165) is 24.0 Å². The van der Waals surface area contributed by atoms with Crippen LogP contribution in [-0.4, -0.2) is 31.4 Å². The first-order valence-electron chi connectivity index (χ1n) is 9.61. The van der Waals surface area contributed by atoms with E-state index < -0.39 is 7.12 Å². The zero-order valence-corrected chi connectivity index (χ0v) is 16.9. The van der Waals surface area contributed by atoms with Gasteiger partial charge in [0.2, 0.25) is 0 Å². The minimum absolute atomic E-state index is 0.115. The van der Waals surface area contributed by atoms with Crippen LogP contribution >= 0.6 is 0 Å². The highest BCUT2D eigenvalue weighted by Crippen LogP contribution is 2.40. The van der Waals surface area contributed by atoms with E-state index in [4.69, 9.17) is 14.0 Å². The molecule has 0 amide bonds. The number of ether oxygens (including phenoxy) is 1. The molecule has 1 fully saturated rings. The van der Waals surface area contributed by atoms with Crippen molar-refractivity contribution < 1.29 is 18.8 Å². The van der Waals surface area contributed by atoms with Crippen LogP contribution in [0.3, 0.4) is 0 Å². The maximum atomic E-state index is 12.1. The van der Waals surface area contributed by atoms with Gasteiger partial charge in [0.05, 0.1) is 24.2 Å². The lowest BCUT2D eigenvalue weighted by molar-refractivity contribution is -0.145. The Balaban J connectivity index is 1.93. The van der Waals surface area contributed by atoms with Gasteiger partial charge in [-0.15, -0.1) is 0 Å². The summed E-state index contributed by atoms with van der Waals surface area (Å²) in [6.07, 6.45) is 5.71. The van der Waals surface area contributed by atoms with E-state index in [2.05, 4.69) is 58.0 Å². The van der Waals surface area contributed by atoms with Crippen LogP contribution in [0.2, 0.25) is 0 Å². The van der Waals surface area contributed by atoms with Gasteiger partial charge < -0.3 is 14.0 Å². The van der Waals surface area contributed by atoms with E-state index in [0.29, 0.717) is 0 Å². The first-order valence-corrected chi connectivity index (χ1v) is 9.61. The maximum absolute atomic E-state index is 12.1. The molecule has 0 spiro atoms. The van der Waals surface area contributed by atoms with Crippen LogP contribution in [0.15, 0.2) is 48.5 Å². The summed E-state index contributed by atoms with van der Waals surface area (Å²) in [6, 6.07) is 10.2. The first kappa shape index (κ1) is 19.9. The van der Waals surface area contributed by atoms with Crippen molar-refractivity contribution in [3.05, 3.63) is 54.0 Å². The zero-order chi connectivity index (χ0) is 19.7. The molecular weight excluding hydrogens is 339 g/mol. The fourth-order valence-corrected chi connectivity index (χ4v) is 3.65. The van der Waals surface area contributed by atoms with Crippen LogP contribution in [-0.2, 0) is 18.8 Å². The SMILES string of the molecule is COC(=O)[C@@H]1CC=C[C@@H](/C(=C\B2OC(C)(C)C(C)(C)O2)c2ccccc2)C1. The fourth-order valence-electron chi connectivity index (χ4n) is 3.65. The largest absolute Gasteiger partial charge is 0.487 e. The molecule has 0 unspecified atom stereocenters. The summed E-state index contributed by atoms with van der Waals surface area (Å²) < 4.78 is 17.3. The highest BCUT2D eigenvalue weighted by Gasteiger charge is 2.50. The summed E-state index contributed by atoms with van der Waals surface area (Å²) in [7, 11) is 1.03. The summed E-state index contributed by atoms with van der Waals surface area (Å²) in [5.74, 6) is 1.92.